The third-order valence-electron chi connectivity index (χ3n) is 2.33. The number of amides is 1. The van der Waals surface area contributed by atoms with Crippen molar-refractivity contribution in [3.63, 3.8) is 0 Å². The minimum Gasteiger partial charge on any atom is -0.507 e. The highest BCUT2D eigenvalue weighted by Gasteiger charge is 2.10. The topological polar surface area (TPSA) is 49.3 Å². The van der Waals surface area contributed by atoms with Gasteiger partial charge in [0.2, 0.25) is 0 Å². The second-order valence-electron chi connectivity index (χ2n) is 3.78. The fraction of sp³-hybridized carbons (Fsp3) is 0. The van der Waals surface area contributed by atoms with E-state index in [1.54, 1.807) is 6.07 Å². The van der Waals surface area contributed by atoms with Gasteiger partial charge in [-0.3, -0.25) is 4.79 Å². The number of anilines is 1. The first kappa shape index (κ1) is 13.7. The van der Waals surface area contributed by atoms with Crippen LogP contribution in [0.1, 0.15) is 10.4 Å². The third-order valence-corrected chi connectivity index (χ3v) is 3.24. The van der Waals surface area contributed by atoms with E-state index >= 15 is 0 Å². The average molecular weight is 375 g/mol. The first-order valence-corrected chi connectivity index (χ1v) is 6.29. The Hall–Kier alpha value is -1.70. The summed E-state index contributed by atoms with van der Waals surface area (Å²) < 4.78 is 26.5. The van der Waals surface area contributed by atoms with Crippen LogP contribution in [0.3, 0.4) is 0 Å². The summed E-state index contributed by atoms with van der Waals surface area (Å²) in [6.07, 6.45) is 0. The van der Waals surface area contributed by atoms with Crippen molar-refractivity contribution in [2.75, 3.05) is 5.32 Å². The van der Waals surface area contributed by atoms with Gasteiger partial charge in [-0.25, -0.2) is 8.78 Å². The van der Waals surface area contributed by atoms with Gasteiger partial charge in [0.1, 0.15) is 17.4 Å². The molecule has 0 aromatic heterocycles. The third kappa shape index (κ3) is 3.40. The van der Waals surface area contributed by atoms with Crippen molar-refractivity contribution in [1.82, 2.24) is 0 Å². The zero-order valence-corrected chi connectivity index (χ0v) is 11.6. The van der Waals surface area contributed by atoms with Crippen molar-refractivity contribution in [3.8, 4) is 5.75 Å². The van der Waals surface area contributed by atoms with E-state index in [1.165, 1.54) is 12.1 Å². The van der Waals surface area contributed by atoms with E-state index in [2.05, 4.69) is 5.32 Å². The molecule has 0 aliphatic heterocycles. The highest BCUT2D eigenvalue weighted by atomic mass is 127. The van der Waals surface area contributed by atoms with Gasteiger partial charge in [0.05, 0.1) is 3.57 Å². The fourth-order valence-electron chi connectivity index (χ4n) is 1.48. The van der Waals surface area contributed by atoms with Gasteiger partial charge in [-0.15, -0.1) is 0 Å². The molecule has 0 unspecified atom stereocenters. The van der Waals surface area contributed by atoms with E-state index in [-0.39, 0.29) is 17.0 Å². The van der Waals surface area contributed by atoms with Gasteiger partial charge in [0, 0.05) is 17.3 Å². The number of hydrogen-bond donors (Lipinski definition) is 2. The molecular weight excluding hydrogens is 367 g/mol. The lowest BCUT2D eigenvalue weighted by molar-refractivity contribution is 0.102. The predicted molar refractivity (Wildman–Crippen MR) is 75.1 cm³/mol. The normalized spacial score (nSPS) is 10.3. The number of hydrogen-bond acceptors (Lipinski definition) is 2. The van der Waals surface area contributed by atoms with Crippen LogP contribution in [0.2, 0.25) is 0 Å². The van der Waals surface area contributed by atoms with E-state index in [4.69, 9.17) is 0 Å². The molecule has 0 heterocycles. The molecule has 0 saturated carbocycles. The lowest BCUT2D eigenvalue weighted by atomic mass is 10.2. The largest absolute Gasteiger partial charge is 0.507 e. The molecule has 0 bridgehead atoms. The summed E-state index contributed by atoms with van der Waals surface area (Å²) in [5.41, 5.74) is 0.211. The number of carbonyl (C=O) groups is 1. The summed E-state index contributed by atoms with van der Waals surface area (Å²) in [5, 5.41) is 11.8. The van der Waals surface area contributed by atoms with Crippen molar-refractivity contribution in [2.24, 2.45) is 0 Å². The minimum atomic E-state index is -0.777. The Morgan fingerprint density at radius 2 is 1.74 bits per heavy atom. The van der Waals surface area contributed by atoms with Crippen LogP contribution < -0.4 is 5.32 Å². The zero-order chi connectivity index (χ0) is 14.0. The minimum absolute atomic E-state index is 0.0144. The summed E-state index contributed by atoms with van der Waals surface area (Å²) in [6.45, 7) is 0. The molecule has 3 nitrogen and oxygen atoms in total. The van der Waals surface area contributed by atoms with Crippen LogP contribution in [0, 0.1) is 15.2 Å². The van der Waals surface area contributed by atoms with Crippen molar-refractivity contribution < 1.29 is 18.7 Å². The number of phenolic OH excluding ortho intramolecular Hbond substituents is 1. The highest BCUT2D eigenvalue weighted by molar-refractivity contribution is 14.1. The number of halogens is 3. The summed E-state index contributed by atoms with van der Waals surface area (Å²) in [5.74, 6) is -2.14. The van der Waals surface area contributed by atoms with Gasteiger partial charge in [-0.05, 0) is 52.9 Å². The summed E-state index contributed by atoms with van der Waals surface area (Å²) in [6, 6.07) is 7.09. The van der Waals surface area contributed by atoms with Crippen molar-refractivity contribution in [2.45, 2.75) is 0 Å². The molecule has 0 atom stereocenters. The number of nitrogens with one attached hydrogen (secondary N) is 1. The number of phenols is 1. The Kier molecular flexibility index (Phi) is 3.98. The molecule has 98 valence electrons. The van der Waals surface area contributed by atoms with Crippen LogP contribution in [0.15, 0.2) is 36.4 Å². The molecule has 6 heteroatoms. The van der Waals surface area contributed by atoms with Crippen LogP contribution in [0.4, 0.5) is 14.5 Å². The van der Waals surface area contributed by atoms with Gasteiger partial charge in [-0.2, -0.15) is 0 Å². The van der Waals surface area contributed by atoms with Crippen molar-refractivity contribution >= 4 is 34.2 Å². The van der Waals surface area contributed by atoms with Gasteiger partial charge in [0.15, 0.2) is 0 Å². The average Bonchev–Trinajstić information content (AvgIpc) is 2.31. The Morgan fingerprint density at radius 3 is 2.32 bits per heavy atom. The summed E-state index contributed by atoms with van der Waals surface area (Å²) >= 11 is 1.92. The fourth-order valence-corrected chi connectivity index (χ4v) is 1.82. The maximum Gasteiger partial charge on any atom is 0.255 e. The van der Waals surface area contributed by atoms with E-state index in [0.29, 0.717) is 9.64 Å². The molecule has 0 aliphatic rings. The first-order chi connectivity index (χ1) is 8.95. The molecule has 2 aromatic carbocycles. The lowest BCUT2D eigenvalue weighted by Crippen LogP contribution is -2.12. The maximum absolute atomic E-state index is 13.0. The molecule has 1 amide bonds. The number of carbonyl (C=O) groups excluding carboxylic acids is 1. The molecule has 0 fully saturated rings. The molecule has 19 heavy (non-hydrogen) atoms. The Labute approximate surface area is 121 Å². The van der Waals surface area contributed by atoms with Gasteiger partial charge in [0.25, 0.3) is 5.91 Å². The number of aromatic hydroxyl groups is 1. The first-order valence-electron chi connectivity index (χ1n) is 5.21. The van der Waals surface area contributed by atoms with Gasteiger partial charge >= 0.3 is 0 Å². The van der Waals surface area contributed by atoms with Crippen molar-refractivity contribution in [1.29, 1.82) is 0 Å². The molecule has 0 saturated heterocycles. The molecule has 2 aromatic rings. The maximum atomic E-state index is 13.0. The van der Waals surface area contributed by atoms with Crippen LogP contribution in [0.5, 0.6) is 5.75 Å². The van der Waals surface area contributed by atoms with Crippen LogP contribution in [0.25, 0.3) is 0 Å². The zero-order valence-electron chi connectivity index (χ0n) is 9.45. The SMILES string of the molecule is O=C(Nc1cc(F)cc(F)c1)c1ccc(I)c(O)c1. The molecule has 0 aliphatic carbocycles. The lowest BCUT2D eigenvalue weighted by Gasteiger charge is -2.06. The smallest absolute Gasteiger partial charge is 0.255 e. The predicted octanol–water partition coefficient (Wildman–Crippen LogP) is 3.53. The monoisotopic (exact) mass is 375 g/mol. The summed E-state index contributed by atoms with van der Waals surface area (Å²) in [7, 11) is 0. The van der Waals surface area contributed by atoms with Crippen LogP contribution >= 0.6 is 22.6 Å². The number of benzene rings is 2. The number of rotatable bonds is 2. The Bertz CT molecular complexity index is 626. The van der Waals surface area contributed by atoms with Gasteiger partial charge in [-0.1, -0.05) is 0 Å². The Morgan fingerprint density at radius 1 is 1.11 bits per heavy atom. The van der Waals surface area contributed by atoms with Crippen LogP contribution in [-0.4, -0.2) is 11.0 Å². The van der Waals surface area contributed by atoms with E-state index < -0.39 is 17.5 Å². The highest BCUT2D eigenvalue weighted by Crippen LogP contribution is 2.21. The summed E-state index contributed by atoms with van der Waals surface area (Å²) in [4.78, 5) is 11.8. The van der Waals surface area contributed by atoms with E-state index in [1.807, 2.05) is 22.6 Å². The second-order valence-corrected chi connectivity index (χ2v) is 4.94. The standard InChI is InChI=1S/C13H8F2INO2/c14-8-4-9(15)6-10(5-8)17-13(19)7-1-2-11(16)12(18)3-7/h1-6,18H,(H,17,19). The van der Waals surface area contributed by atoms with Crippen molar-refractivity contribution in [3.05, 3.63) is 57.2 Å². The molecule has 2 rings (SSSR count). The quantitative estimate of drug-likeness (QED) is 0.790. The Balaban J connectivity index is 2.22. The molecular formula is C13H8F2INO2. The van der Waals surface area contributed by atoms with Crippen LogP contribution in [-0.2, 0) is 0 Å². The van der Waals surface area contributed by atoms with Gasteiger partial charge < -0.3 is 10.4 Å². The molecule has 0 radical (unpaired) electrons. The van der Waals surface area contributed by atoms with E-state index in [9.17, 15) is 18.7 Å². The van der Waals surface area contributed by atoms with E-state index in [0.717, 1.165) is 12.1 Å². The molecule has 2 N–H and O–H groups in total. The molecule has 0 spiro atoms. The second kappa shape index (κ2) is 5.52.